The molecule has 0 atom stereocenters. The highest BCUT2D eigenvalue weighted by atomic mass is 35.5. The number of hydrogen-bond acceptors (Lipinski definition) is 5. The van der Waals surface area contributed by atoms with Crippen molar-refractivity contribution in [3.05, 3.63) is 57.6 Å². The van der Waals surface area contributed by atoms with Crippen molar-refractivity contribution < 1.29 is 23.8 Å². The van der Waals surface area contributed by atoms with Crippen LogP contribution in [0.4, 0.5) is 0 Å². The Morgan fingerprint density at radius 1 is 1.04 bits per heavy atom. The Labute approximate surface area is 167 Å². The molecule has 1 N–H and O–H groups in total. The molecule has 0 saturated carbocycles. The second-order valence-electron chi connectivity index (χ2n) is 5.48. The van der Waals surface area contributed by atoms with E-state index in [0.29, 0.717) is 34.5 Å². The Balaban J connectivity index is 1.82. The van der Waals surface area contributed by atoms with Gasteiger partial charge in [0.2, 0.25) is 0 Å². The summed E-state index contributed by atoms with van der Waals surface area (Å²) in [6.07, 6.45) is 0.530. The maximum Gasteiger partial charge on any atom is 0.342 e. The highest BCUT2D eigenvalue weighted by molar-refractivity contribution is 6.35. The molecule has 1 amide bonds. The molecule has 8 heteroatoms. The fourth-order valence-electron chi connectivity index (χ4n) is 2.29. The molecule has 6 nitrogen and oxygen atoms in total. The summed E-state index contributed by atoms with van der Waals surface area (Å²) >= 11 is 11.9. The average Bonchev–Trinajstić information content (AvgIpc) is 2.67. The standard InChI is InChI=1S/C19H19Cl2NO5/c1-25-14-5-6-15(17(10-14)26-2)19(24)27-11-18(23)22-8-7-12-3-4-13(20)9-16(12)21/h3-6,9-10H,7-8,11H2,1-2H3,(H,22,23). The Morgan fingerprint density at radius 3 is 2.48 bits per heavy atom. The topological polar surface area (TPSA) is 73.9 Å². The molecule has 27 heavy (non-hydrogen) atoms. The van der Waals surface area contributed by atoms with Crippen LogP contribution in [-0.2, 0) is 16.0 Å². The molecule has 0 saturated heterocycles. The first kappa shape index (κ1) is 20.9. The van der Waals surface area contributed by atoms with Gasteiger partial charge >= 0.3 is 5.97 Å². The van der Waals surface area contributed by atoms with Crippen LogP contribution in [0.3, 0.4) is 0 Å². The number of rotatable bonds is 8. The van der Waals surface area contributed by atoms with Gasteiger partial charge in [-0.05, 0) is 36.2 Å². The highest BCUT2D eigenvalue weighted by Gasteiger charge is 2.16. The zero-order valence-corrected chi connectivity index (χ0v) is 16.4. The summed E-state index contributed by atoms with van der Waals surface area (Å²) < 4.78 is 15.3. The number of benzene rings is 2. The number of methoxy groups -OCH3 is 2. The third kappa shape index (κ3) is 6.05. The van der Waals surface area contributed by atoms with Crippen LogP contribution in [0, 0.1) is 0 Å². The van der Waals surface area contributed by atoms with Crippen LogP contribution in [0.15, 0.2) is 36.4 Å². The van der Waals surface area contributed by atoms with Crippen molar-refractivity contribution in [3.8, 4) is 11.5 Å². The zero-order valence-electron chi connectivity index (χ0n) is 14.9. The summed E-state index contributed by atoms with van der Waals surface area (Å²) in [6.45, 7) is -0.0496. The summed E-state index contributed by atoms with van der Waals surface area (Å²) in [6, 6.07) is 9.85. The lowest BCUT2D eigenvalue weighted by Gasteiger charge is -2.11. The number of nitrogens with one attached hydrogen (secondary N) is 1. The molecule has 144 valence electrons. The van der Waals surface area contributed by atoms with Gasteiger partial charge in [-0.3, -0.25) is 4.79 Å². The Kier molecular flexibility index (Phi) is 7.76. The first-order valence-corrected chi connectivity index (χ1v) is 8.80. The van der Waals surface area contributed by atoms with Crippen molar-refractivity contribution in [3.63, 3.8) is 0 Å². The lowest BCUT2D eigenvalue weighted by Crippen LogP contribution is -2.30. The molecule has 0 radical (unpaired) electrons. The number of amides is 1. The van der Waals surface area contributed by atoms with Gasteiger partial charge in [0.15, 0.2) is 6.61 Å². The van der Waals surface area contributed by atoms with Crippen molar-refractivity contribution >= 4 is 35.1 Å². The second kappa shape index (κ2) is 10.0. The van der Waals surface area contributed by atoms with Gasteiger partial charge < -0.3 is 19.5 Å². The van der Waals surface area contributed by atoms with E-state index in [0.717, 1.165) is 5.56 Å². The van der Waals surface area contributed by atoms with Crippen LogP contribution >= 0.6 is 23.2 Å². The molecule has 0 spiro atoms. The lowest BCUT2D eigenvalue weighted by atomic mass is 10.1. The van der Waals surface area contributed by atoms with Crippen LogP contribution in [0.2, 0.25) is 10.0 Å². The largest absolute Gasteiger partial charge is 0.497 e. The van der Waals surface area contributed by atoms with Gasteiger partial charge in [0, 0.05) is 22.7 Å². The highest BCUT2D eigenvalue weighted by Crippen LogP contribution is 2.25. The molecule has 0 bridgehead atoms. The molecule has 0 aliphatic rings. The predicted octanol–water partition coefficient (Wildman–Crippen LogP) is 3.53. The van der Waals surface area contributed by atoms with Crippen LogP contribution in [0.5, 0.6) is 11.5 Å². The minimum atomic E-state index is -0.662. The average molecular weight is 412 g/mol. The van der Waals surface area contributed by atoms with E-state index in [1.165, 1.54) is 20.3 Å². The Morgan fingerprint density at radius 2 is 1.81 bits per heavy atom. The summed E-state index contributed by atoms with van der Waals surface area (Å²) in [5.41, 5.74) is 1.07. The van der Waals surface area contributed by atoms with E-state index < -0.39 is 18.5 Å². The fourth-order valence-corrected chi connectivity index (χ4v) is 2.79. The fraction of sp³-hybridized carbons (Fsp3) is 0.263. The predicted molar refractivity (Wildman–Crippen MR) is 103 cm³/mol. The number of hydrogen-bond donors (Lipinski definition) is 1. The molecule has 0 aliphatic carbocycles. The Hall–Kier alpha value is -2.44. The number of carbonyl (C=O) groups excluding carboxylic acids is 2. The molecular formula is C19H19Cl2NO5. The third-order valence-electron chi connectivity index (χ3n) is 3.69. The zero-order chi connectivity index (χ0) is 19.8. The van der Waals surface area contributed by atoms with Crippen molar-refractivity contribution in [2.75, 3.05) is 27.4 Å². The molecule has 0 aromatic heterocycles. The number of halogens is 2. The van der Waals surface area contributed by atoms with Gasteiger partial charge in [0.1, 0.15) is 17.1 Å². The van der Waals surface area contributed by atoms with Crippen molar-refractivity contribution in [2.24, 2.45) is 0 Å². The van der Waals surface area contributed by atoms with Crippen LogP contribution in [0.1, 0.15) is 15.9 Å². The van der Waals surface area contributed by atoms with Gasteiger partial charge in [-0.25, -0.2) is 4.79 Å². The quantitative estimate of drug-likeness (QED) is 0.672. The molecule has 0 unspecified atom stereocenters. The summed E-state index contributed by atoms with van der Waals surface area (Å²) in [7, 11) is 2.94. The Bertz CT molecular complexity index is 826. The molecule has 2 aromatic rings. The van der Waals surface area contributed by atoms with Gasteiger partial charge in [-0.15, -0.1) is 0 Å². The molecule has 0 heterocycles. The maximum absolute atomic E-state index is 12.1. The molecular weight excluding hydrogens is 393 g/mol. The second-order valence-corrected chi connectivity index (χ2v) is 6.32. The van der Waals surface area contributed by atoms with Crippen molar-refractivity contribution in [1.29, 1.82) is 0 Å². The van der Waals surface area contributed by atoms with E-state index in [-0.39, 0.29) is 5.56 Å². The van der Waals surface area contributed by atoms with Crippen LogP contribution in [0.25, 0.3) is 0 Å². The minimum absolute atomic E-state index is 0.207. The summed E-state index contributed by atoms with van der Waals surface area (Å²) in [5, 5.41) is 3.75. The van der Waals surface area contributed by atoms with Crippen LogP contribution < -0.4 is 14.8 Å². The van der Waals surface area contributed by atoms with Crippen molar-refractivity contribution in [2.45, 2.75) is 6.42 Å². The first-order valence-electron chi connectivity index (χ1n) is 8.04. The molecule has 2 aromatic carbocycles. The maximum atomic E-state index is 12.1. The normalized spacial score (nSPS) is 10.2. The first-order chi connectivity index (χ1) is 12.9. The summed E-state index contributed by atoms with van der Waals surface area (Å²) in [5.74, 6) is -0.231. The summed E-state index contributed by atoms with van der Waals surface area (Å²) in [4.78, 5) is 24.0. The molecule has 0 fully saturated rings. The van der Waals surface area contributed by atoms with E-state index in [4.69, 9.17) is 37.4 Å². The monoisotopic (exact) mass is 411 g/mol. The molecule has 0 aliphatic heterocycles. The van der Waals surface area contributed by atoms with Gasteiger partial charge in [-0.2, -0.15) is 0 Å². The molecule has 2 rings (SSSR count). The SMILES string of the molecule is COc1ccc(C(=O)OCC(=O)NCCc2ccc(Cl)cc2Cl)c(OC)c1. The lowest BCUT2D eigenvalue weighted by molar-refractivity contribution is -0.124. The van der Waals surface area contributed by atoms with Crippen LogP contribution in [-0.4, -0.2) is 39.2 Å². The number of esters is 1. The van der Waals surface area contributed by atoms with E-state index in [2.05, 4.69) is 5.32 Å². The van der Waals surface area contributed by atoms with E-state index in [9.17, 15) is 9.59 Å². The van der Waals surface area contributed by atoms with E-state index in [1.807, 2.05) is 0 Å². The van der Waals surface area contributed by atoms with Gasteiger partial charge in [0.25, 0.3) is 5.91 Å². The number of ether oxygens (including phenoxy) is 3. The van der Waals surface area contributed by atoms with E-state index >= 15 is 0 Å². The van der Waals surface area contributed by atoms with E-state index in [1.54, 1.807) is 30.3 Å². The van der Waals surface area contributed by atoms with Crippen molar-refractivity contribution in [1.82, 2.24) is 5.32 Å². The smallest absolute Gasteiger partial charge is 0.342 e. The minimum Gasteiger partial charge on any atom is -0.497 e. The van der Waals surface area contributed by atoms with Gasteiger partial charge in [-0.1, -0.05) is 29.3 Å². The number of carbonyl (C=O) groups is 2. The third-order valence-corrected chi connectivity index (χ3v) is 4.28. The van der Waals surface area contributed by atoms with Gasteiger partial charge in [0.05, 0.1) is 14.2 Å².